The fourth-order valence-electron chi connectivity index (χ4n) is 2.72. The van der Waals surface area contributed by atoms with Gasteiger partial charge in [-0.2, -0.15) is 0 Å². The molecule has 1 saturated heterocycles. The Morgan fingerprint density at radius 1 is 1.29 bits per heavy atom. The van der Waals surface area contributed by atoms with Crippen LogP contribution in [-0.2, 0) is 4.79 Å². The van der Waals surface area contributed by atoms with Crippen molar-refractivity contribution in [3.05, 3.63) is 0 Å². The van der Waals surface area contributed by atoms with Gasteiger partial charge in [-0.25, -0.2) is 0 Å². The Morgan fingerprint density at radius 3 is 2.41 bits per heavy atom. The highest BCUT2D eigenvalue weighted by atomic mass is 16.2. The molecule has 0 aliphatic carbocycles. The molecule has 1 amide bonds. The highest BCUT2D eigenvalue weighted by molar-refractivity contribution is 5.84. The molecule has 0 aromatic carbocycles. The van der Waals surface area contributed by atoms with E-state index in [0.717, 1.165) is 25.7 Å². The van der Waals surface area contributed by atoms with Gasteiger partial charge in [0, 0.05) is 6.04 Å². The Hall–Kier alpha value is -0.570. The topological polar surface area (TPSA) is 32.3 Å². The van der Waals surface area contributed by atoms with Crippen molar-refractivity contribution in [2.75, 3.05) is 0 Å². The molecule has 1 heterocycles. The molecule has 0 spiro atoms. The van der Waals surface area contributed by atoms with E-state index in [4.69, 9.17) is 0 Å². The van der Waals surface area contributed by atoms with Crippen molar-refractivity contribution in [2.45, 2.75) is 78.6 Å². The van der Waals surface area contributed by atoms with Crippen molar-refractivity contribution in [3.8, 4) is 0 Å². The zero-order valence-corrected chi connectivity index (χ0v) is 12.0. The van der Waals surface area contributed by atoms with Crippen molar-refractivity contribution < 1.29 is 4.79 Å². The standard InChI is InChI=1S/C14H28N2O/c1-6-8-11(5)16-13(9-10(3)4)15-12(7-2)14(16)17/h10-13,15H,6-9H2,1-5H3. The van der Waals surface area contributed by atoms with Crippen molar-refractivity contribution in [1.29, 1.82) is 0 Å². The van der Waals surface area contributed by atoms with Gasteiger partial charge in [0.05, 0.1) is 12.2 Å². The lowest BCUT2D eigenvalue weighted by Gasteiger charge is -2.31. The van der Waals surface area contributed by atoms with Crippen LogP contribution in [0.3, 0.4) is 0 Å². The van der Waals surface area contributed by atoms with Crippen LogP contribution in [0.25, 0.3) is 0 Å². The average molecular weight is 240 g/mol. The molecular formula is C14H28N2O. The molecule has 3 heteroatoms. The Morgan fingerprint density at radius 2 is 1.94 bits per heavy atom. The molecule has 1 aliphatic rings. The number of nitrogens with zero attached hydrogens (tertiary/aromatic N) is 1. The molecule has 3 unspecified atom stereocenters. The first kappa shape index (κ1) is 14.5. The van der Waals surface area contributed by atoms with Gasteiger partial charge >= 0.3 is 0 Å². The lowest BCUT2D eigenvalue weighted by Crippen LogP contribution is -2.43. The lowest BCUT2D eigenvalue weighted by atomic mass is 10.1. The quantitative estimate of drug-likeness (QED) is 0.774. The zero-order chi connectivity index (χ0) is 13.0. The average Bonchev–Trinajstić information content (AvgIpc) is 2.54. The third-order valence-electron chi connectivity index (χ3n) is 3.57. The van der Waals surface area contributed by atoms with Crippen LogP contribution >= 0.6 is 0 Å². The van der Waals surface area contributed by atoms with E-state index >= 15 is 0 Å². The van der Waals surface area contributed by atoms with Crippen LogP contribution in [0.2, 0.25) is 0 Å². The molecule has 3 atom stereocenters. The molecule has 1 N–H and O–H groups in total. The van der Waals surface area contributed by atoms with E-state index < -0.39 is 0 Å². The Balaban J connectivity index is 2.75. The minimum atomic E-state index is 0.0399. The van der Waals surface area contributed by atoms with E-state index in [9.17, 15) is 4.79 Å². The number of hydrogen-bond donors (Lipinski definition) is 1. The van der Waals surface area contributed by atoms with Gasteiger partial charge < -0.3 is 4.90 Å². The summed E-state index contributed by atoms with van der Waals surface area (Å²) in [6, 6.07) is 0.401. The second kappa shape index (κ2) is 6.39. The summed E-state index contributed by atoms with van der Waals surface area (Å²) in [6.45, 7) is 10.9. The number of amides is 1. The molecule has 0 bridgehead atoms. The van der Waals surface area contributed by atoms with Crippen LogP contribution in [0.4, 0.5) is 0 Å². The molecule has 3 nitrogen and oxygen atoms in total. The Labute approximate surface area is 106 Å². The summed E-state index contributed by atoms with van der Waals surface area (Å²) in [5.41, 5.74) is 0. The van der Waals surface area contributed by atoms with Gasteiger partial charge in [0.15, 0.2) is 0 Å². The van der Waals surface area contributed by atoms with Crippen LogP contribution in [0.15, 0.2) is 0 Å². The van der Waals surface area contributed by atoms with Gasteiger partial charge in [0.1, 0.15) is 0 Å². The van der Waals surface area contributed by atoms with E-state index in [2.05, 4.69) is 44.8 Å². The highest BCUT2D eigenvalue weighted by Gasteiger charge is 2.39. The largest absolute Gasteiger partial charge is 0.323 e. The van der Waals surface area contributed by atoms with Gasteiger partial charge in [-0.15, -0.1) is 0 Å². The molecule has 0 radical (unpaired) electrons. The number of hydrogen-bond acceptors (Lipinski definition) is 2. The van der Waals surface area contributed by atoms with Crippen molar-refractivity contribution in [2.24, 2.45) is 5.92 Å². The SMILES string of the molecule is CCCC(C)N1C(=O)C(CC)NC1CC(C)C. The summed E-state index contributed by atoms with van der Waals surface area (Å²) in [5, 5.41) is 3.49. The summed E-state index contributed by atoms with van der Waals surface area (Å²) in [7, 11) is 0. The van der Waals surface area contributed by atoms with E-state index in [0.29, 0.717) is 17.9 Å². The second-order valence-corrected chi connectivity index (χ2v) is 5.66. The van der Waals surface area contributed by atoms with E-state index in [1.165, 1.54) is 0 Å². The van der Waals surface area contributed by atoms with Gasteiger partial charge in [-0.3, -0.25) is 10.1 Å². The number of rotatable bonds is 6. The summed E-state index contributed by atoms with van der Waals surface area (Å²) in [5.74, 6) is 0.923. The lowest BCUT2D eigenvalue weighted by molar-refractivity contribution is -0.132. The van der Waals surface area contributed by atoms with Crippen LogP contribution < -0.4 is 5.32 Å². The van der Waals surface area contributed by atoms with Crippen molar-refractivity contribution in [3.63, 3.8) is 0 Å². The number of carbonyl (C=O) groups is 1. The molecule has 0 saturated carbocycles. The zero-order valence-electron chi connectivity index (χ0n) is 12.0. The first-order valence-corrected chi connectivity index (χ1v) is 7.09. The molecule has 1 rings (SSSR count). The Bertz CT molecular complexity index is 253. The van der Waals surface area contributed by atoms with Gasteiger partial charge in [-0.05, 0) is 32.1 Å². The third kappa shape index (κ3) is 3.44. The van der Waals surface area contributed by atoms with Gasteiger partial charge in [0.25, 0.3) is 0 Å². The first-order chi connectivity index (χ1) is 8.01. The fraction of sp³-hybridized carbons (Fsp3) is 0.929. The maximum Gasteiger partial charge on any atom is 0.241 e. The molecule has 17 heavy (non-hydrogen) atoms. The van der Waals surface area contributed by atoms with Crippen LogP contribution in [-0.4, -0.2) is 29.1 Å². The molecule has 0 aromatic rings. The smallest absolute Gasteiger partial charge is 0.241 e. The minimum absolute atomic E-state index is 0.0399. The van der Waals surface area contributed by atoms with Crippen molar-refractivity contribution in [1.82, 2.24) is 10.2 Å². The normalized spacial score (nSPS) is 26.9. The predicted octanol–water partition coefficient (Wildman–Crippen LogP) is 2.76. The summed E-state index contributed by atoms with van der Waals surface area (Å²) >= 11 is 0. The fourth-order valence-corrected chi connectivity index (χ4v) is 2.72. The highest BCUT2D eigenvalue weighted by Crippen LogP contribution is 2.23. The molecule has 0 aromatic heterocycles. The number of nitrogens with one attached hydrogen (secondary N) is 1. The molecule has 1 fully saturated rings. The first-order valence-electron chi connectivity index (χ1n) is 7.09. The molecule has 100 valence electrons. The van der Waals surface area contributed by atoms with Gasteiger partial charge in [0.2, 0.25) is 5.91 Å². The summed E-state index contributed by atoms with van der Waals surface area (Å²) in [6.07, 6.45) is 4.42. The monoisotopic (exact) mass is 240 g/mol. The maximum atomic E-state index is 12.3. The van der Waals surface area contributed by atoms with Crippen molar-refractivity contribution >= 4 is 5.91 Å². The molecule has 1 aliphatic heterocycles. The van der Waals surface area contributed by atoms with Crippen LogP contribution in [0, 0.1) is 5.92 Å². The van der Waals surface area contributed by atoms with Crippen LogP contribution in [0.5, 0.6) is 0 Å². The van der Waals surface area contributed by atoms with Crippen LogP contribution in [0.1, 0.15) is 60.3 Å². The third-order valence-corrected chi connectivity index (χ3v) is 3.57. The van der Waals surface area contributed by atoms with E-state index in [1.54, 1.807) is 0 Å². The van der Waals surface area contributed by atoms with E-state index in [-0.39, 0.29) is 12.2 Å². The number of carbonyl (C=O) groups excluding carboxylic acids is 1. The maximum absolute atomic E-state index is 12.3. The van der Waals surface area contributed by atoms with E-state index in [1.807, 2.05) is 0 Å². The second-order valence-electron chi connectivity index (χ2n) is 5.66. The minimum Gasteiger partial charge on any atom is -0.323 e. The predicted molar refractivity (Wildman–Crippen MR) is 71.7 cm³/mol. The Kier molecular flexibility index (Phi) is 5.44. The summed E-state index contributed by atoms with van der Waals surface area (Å²) in [4.78, 5) is 14.4. The molecular weight excluding hydrogens is 212 g/mol. The van der Waals surface area contributed by atoms with Gasteiger partial charge in [-0.1, -0.05) is 34.1 Å². The summed E-state index contributed by atoms with van der Waals surface area (Å²) < 4.78 is 0.